The van der Waals surface area contributed by atoms with Crippen LogP contribution in [0.25, 0.3) is 0 Å². The van der Waals surface area contributed by atoms with Gasteiger partial charge in [0.15, 0.2) is 0 Å². The van der Waals surface area contributed by atoms with Crippen LogP contribution < -0.4 is 10.2 Å². The second-order valence-corrected chi connectivity index (χ2v) is 5.92. The molecule has 3 rings (SSSR count). The number of carbonyl (C=O) groups is 1. The molecule has 0 unspecified atom stereocenters. The summed E-state index contributed by atoms with van der Waals surface area (Å²) in [6.45, 7) is 3.69. The number of hydrogen-bond donors (Lipinski definition) is 1. The van der Waals surface area contributed by atoms with E-state index in [4.69, 9.17) is 0 Å². The molecule has 0 bridgehead atoms. The molecule has 2 fully saturated rings. The Bertz CT molecular complexity index is 501. The number of carbonyl (C=O) groups excluding carboxylic acids is 1. The van der Waals surface area contributed by atoms with Crippen LogP contribution in [0.1, 0.15) is 36.0 Å². The van der Waals surface area contributed by atoms with Gasteiger partial charge in [-0.25, -0.2) is 4.98 Å². The minimum absolute atomic E-state index is 0. The van der Waals surface area contributed by atoms with E-state index in [1.165, 1.54) is 12.8 Å². The van der Waals surface area contributed by atoms with E-state index >= 15 is 0 Å². The quantitative estimate of drug-likeness (QED) is 0.898. The normalized spacial score (nSPS) is 18.3. The third-order valence-corrected chi connectivity index (χ3v) is 4.61. The summed E-state index contributed by atoms with van der Waals surface area (Å²) in [4.78, 5) is 21.5. The topological polar surface area (TPSA) is 48.5 Å². The molecular weight excluding hydrogens is 335 g/mol. The van der Waals surface area contributed by atoms with Crippen molar-refractivity contribution in [1.29, 1.82) is 0 Å². The van der Waals surface area contributed by atoms with Crippen molar-refractivity contribution >= 4 is 36.5 Å². The lowest BCUT2D eigenvalue weighted by molar-refractivity contribution is 0.0707. The molecule has 1 N–H and O–H groups in total. The van der Waals surface area contributed by atoms with Crippen LogP contribution in [0.15, 0.2) is 18.3 Å². The molecule has 1 aromatic heterocycles. The molecule has 23 heavy (non-hydrogen) atoms. The first kappa shape index (κ1) is 20.0. The predicted molar refractivity (Wildman–Crippen MR) is 98.2 cm³/mol. The Labute approximate surface area is 150 Å². The number of hydrogen-bond acceptors (Lipinski definition) is 4. The van der Waals surface area contributed by atoms with Gasteiger partial charge in [0.05, 0.1) is 5.56 Å². The van der Waals surface area contributed by atoms with E-state index in [2.05, 4.69) is 15.2 Å². The van der Waals surface area contributed by atoms with E-state index in [0.717, 1.165) is 50.4 Å². The van der Waals surface area contributed by atoms with E-state index < -0.39 is 0 Å². The fourth-order valence-electron chi connectivity index (χ4n) is 3.29. The maximum atomic E-state index is 12.8. The fraction of sp³-hybridized carbons (Fsp3) is 0.625. The lowest BCUT2D eigenvalue weighted by Crippen LogP contribution is -2.44. The zero-order valence-corrected chi connectivity index (χ0v) is 15.2. The Morgan fingerprint density at radius 1 is 1.17 bits per heavy atom. The van der Waals surface area contributed by atoms with Gasteiger partial charge in [-0.3, -0.25) is 4.79 Å². The molecule has 3 heterocycles. The molecule has 0 radical (unpaired) electrons. The number of rotatable bonds is 3. The molecule has 2 aliphatic heterocycles. The highest BCUT2D eigenvalue weighted by molar-refractivity contribution is 5.99. The Hall–Kier alpha value is -1.04. The Morgan fingerprint density at radius 3 is 2.43 bits per heavy atom. The van der Waals surface area contributed by atoms with Crippen LogP contribution in [0.4, 0.5) is 5.82 Å². The van der Waals surface area contributed by atoms with Crippen LogP contribution >= 0.6 is 24.8 Å². The number of nitrogens with zero attached hydrogens (tertiary/aromatic N) is 3. The molecule has 2 saturated heterocycles. The van der Waals surface area contributed by atoms with Crippen LogP contribution in [-0.2, 0) is 0 Å². The lowest BCUT2D eigenvalue weighted by atomic mass is 10.0. The number of nitrogens with one attached hydrogen (secondary N) is 1. The summed E-state index contributed by atoms with van der Waals surface area (Å²) in [5.41, 5.74) is 0.766. The van der Waals surface area contributed by atoms with Crippen molar-refractivity contribution in [1.82, 2.24) is 15.2 Å². The predicted octanol–water partition coefficient (Wildman–Crippen LogP) is 2.35. The summed E-state index contributed by atoms with van der Waals surface area (Å²) in [5.74, 6) is 1.01. The van der Waals surface area contributed by atoms with E-state index in [-0.39, 0.29) is 30.7 Å². The second kappa shape index (κ2) is 9.30. The molecular formula is C16H26Cl2N4O. The molecule has 2 aliphatic rings. The molecule has 0 spiro atoms. The van der Waals surface area contributed by atoms with Crippen LogP contribution in [0.5, 0.6) is 0 Å². The van der Waals surface area contributed by atoms with Crippen molar-refractivity contribution in [2.75, 3.05) is 38.1 Å². The number of amides is 1. The number of anilines is 1. The van der Waals surface area contributed by atoms with Crippen molar-refractivity contribution in [3.63, 3.8) is 0 Å². The van der Waals surface area contributed by atoms with Gasteiger partial charge in [0.25, 0.3) is 5.91 Å². The zero-order chi connectivity index (χ0) is 14.7. The van der Waals surface area contributed by atoms with Crippen LogP contribution in [0, 0.1) is 0 Å². The maximum Gasteiger partial charge on any atom is 0.257 e. The number of likely N-dealkylation sites (tertiary alicyclic amines) is 1. The van der Waals surface area contributed by atoms with Gasteiger partial charge < -0.3 is 15.1 Å². The highest BCUT2D eigenvalue weighted by Gasteiger charge is 2.26. The monoisotopic (exact) mass is 360 g/mol. The van der Waals surface area contributed by atoms with E-state index in [1.54, 1.807) is 6.20 Å². The van der Waals surface area contributed by atoms with Gasteiger partial charge in [-0.15, -0.1) is 24.8 Å². The first-order valence-electron chi connectivity index (χ1n) is 7.96. The first-order valence-corrected chi connectivity index (χ1v) is 7.96. The standard InChI is InChI=1S/C16H24N4O.2ClH/c1-17-13-6-11-20(12-7-13)16(21)14-5-4-8-18-15(14)19-9-2-3-10-19;;/h4-5,8,13,17H,2-3,6-7,9-12H2,1H3;2*1H. The largest absolute Gasteiger partial charge is 0.356 e. The lowest BCUT2D eigenvalue weighted by Gasteiger charge is -2.32. The molecule has 0 aliphatic carbocycles. The van der Waals surface area contributed by atoms with Gasteiger partial charge >= 0.3 is 0 Å². The average molecular weight is 361 g/mol. The Balaban J connectivity index is 0.00000132. The molecule has 0 aromatic carbocycles. The van der Waals surface area contributed by atoms with Crippen molar-refractivity contribution in [2.45, 2.75) is 31.7 Å². The number of halogens is 2. The highest BCUT2D eigenvalue weighted by atomic mass is 35.5. The summed E-state index contributed by atoms with van der Waals surface area (Å²) >= 11 is 0. The molecule has 1 aromatic rings. The molecule has 7 heteroatoms. The Kier molecular flexibility index (Phi) is 8.09. The van der Waals surface area contributed by atoms with Crippen molar-refractivity contribution in [3.05, 3.63) is 23.9 Å². The van der Waals surface area contributed by atoms with Crippen LogP contribution in [0.2, 0.25) is 0 Å². The van der Waals surface area contributed by atoms with Crippen LogP contribution in [0.3, 0.4) is 0 Å². The van der Waals surface area contributed by atoms with E-state index in [1.807, 2.05) is 24.1 Å². The molecule has 130 valence electrons. The average Bonchev–Trinajstić information content (AvgIpc) is 3.08. The summed E-state index contributed by atoms with van der Waals surface area (Å²) in [6.07, 6.45) is 6.23. The molecule has 1 amide bonds. The third kappa shape index (κ3) is 4.49. The summed E-state index contributed by atoms with van der Waals surface area (Å²) in [6, 6.07) is 4.33. The summed E-state index contributed by atoms with van der Waals surface area (Å²) in [5, 5.41) is 3.30. The zero-order valence-electron chi connectivity index (χ0n) is 13.5. The van der Waals surface area contributed by atoms with Crippen LogP contribution in [-0.4, -0.2) is 55.1 Å². The highest BCUT2D eigenvalue weighted by Crippen LogP contribution is 2.24. The van der Waals surface area contributed by atoms with E-state index in [9.17, 15) is 4.79 Å². The molecule has 0 saturated carbocycles. The number of piperidine rings is 1. The molecule has 0 atom stereocenters. The van der Waals surface area contributed by atoms with Crippen molar-refractivity contribution in [3.8, 4) is 0 Å². The molecule has 5 nitrogen and oxygen atoms in total. The van der Waals surface area contributed by atoms with Gasteiger partial charge in [0.2, 0.25) is 0 Å². The summed E-state index contributed by atoms with van der Waals surface area (Å²) in [7, 11) is 1.99. The Morgan fingerprint density at radius 2 is 1.83 bits per heavy atom. The first-order chi connectivity index (χ1) is 10.3. The van der Waals surface area contributed by atoms with E-state index in [0.29, 0.717) is 6.04 Å². The minimum Gasteiger partial charge on any atom is -0.356 e. The van der Waals surface area contributed by atoms with Gasteiger partial charge in [-0.1, -0.05) is 0 Å². The third-order valence-electron chi connectivity index (χ3n) is 4.61. The van der Waals surface area contributed by atoms with Gasteiger partial charge in [-0.05, 0) is 44.9 Å². The van der Waals surface area contributed by atoms with Gasteiger partial charge in [-0.2, -0.15) is 0 Å². The van der Waals surface area contributed by atoms with Crippen molar-refractivity contribution < 1.29 is 4.79 Å². The minimum atomic E-state index is 0. The van der Waals surface area contributed by atoms with Crippen molar-refractivity contribution in [2.24, 2.45) is 0 Å². The maximum absolute atomic E-state index is 12.8. The SMILES string of the molecule is CNC1CCN(C(=O)c2cccnc2N2CCCC2)CC1.Cl.Cl. The van der Waals surface area contributed by atoms with Gasteiger partial charge in [0.1, 0.15) is 5.82 Å². The number of aromatic nitrogens is 1. The smallest absolute Gasteiger partial charge is 0.257 e. The fourth-order valence-corrected chi connectivity index (χ4v) is 3.29. The second-order valence-electron chi connectivity index (χ2n) is 5.92. The number of pyridine rings is 1. The van der Waals surface area contributed by atoms with Gasteiger partial charge in [0, 0.05) is 38.4 Å². The summed E-state index contributed by atoms with van der Waals surface area (Å²) < 4.78 is 0.